The number of likely N-dealkylation sites (tertiary alicyclic amines) is 1. The molecule has 2 heteroatoms. The monoisotopic (exact) mass is 258 g/mol. The van der Waals surface area contributed by atoms with E-state index in [0.29, 0.717) is 6.04 Å². The summed E-state index contributed by atoms with van der Waals surface area (Å²) in [4.78, 5) is 2.67. The normalized spacial score (nSPS) is 29.2. The van der Waals surface area contributed by atoms with Gasteiger partial charge in [-0.3, -0.25) is 4.90 Å². The van der Waals surface area contributed by atoms with Crippen LogP contribution in [0.25, 0.3) is 0 Å². The molecule has 104 valence electrons. The molecule has 1 N–H and O–H groups in total. The first-order valence-electron chi connectivity index (χ1n) is 7.70. The molecule has 0 aromatic heterocycles. The van der Waals surface area contributed by atoms with Crippen molar-refractivity contribution in [2.75, 3.05) is 19.6 Å². The van der Waals surface area contributed by atoms with E-state index >= 15 is 0 Å². The van der Waals surface area contributed by atoms with Crippen molar-refractivity contribution in [1.29, 1.82) is 0 Å². The van der Waals surface area contributed by atoms with E-state index in [1.165, 1.54) is 49.2 Å². The summed E-state index contributed by atoms with van der Waals surface area (Å²) in [5, 5.41) is 3.70. The quantitative estimate of drug-likeness (QED) is 0.877. The van der Waals surface area contributed by atoms with E-state index in [4.69, 9.17) is 0 Å². The van der Waals surface area contributed by atoms with Gasteiger partial charge in [-0.15, -0.1) is 0 Å². The second-order valence-corrected chi connectivity index (χ2v) is 6.45. The number of fused-ring (bicyclic) bond motifs is 1. The molecule has 0 radical (unpaired) electrons. The van der Waals surface area contributed by atoms with E-state index in [-0.39, 0.29) is 0 Å². The molecule has 2 saturated heterocycles. The third-order valence-electron chi connectivity index (χ3n) is 5.05. The molecular formula is C17H26N2. The van der Waals surface area contributed by atoms with Gasteiger partial charge in [0.2, 0.25) is 0 Å². The lowest BCUT2D eigenvalue weighted by Gasteiger charge is -2.26. The van der Waals surface area contributed by atoms with Gasteiger partial charge in [-0.05, 0) is 57.2 Å². The smallest absolute Gasteiger partial charge is 0.0323 e. The number of hydrogen-bond acceptors (Lipinski definition) is 2. The van der Waals surface area contributed by atoms with E-state index in [2.05, 4.69) is 49.2 Å². The maximum absolute atomic E-state index is 3.70. The number of hydrogen-bond donors (Lipinski definition) is 1. The summed E-state index contributed by atoms with van der Waals surface area (Å²) in [5.41, 5.74) is 4.31. The van der Waals surface area contributed by atoms with Crippen LogP contribution in [0, 0.1) is 19.8 Å². The third-order valence-corrected chi connectivity index (χ3v) is 5.05. The van der Waals surface area contributed by atoms with Crippen molar-refractivity contribution in [2.45, 2.75) is 45.7 Å². The van der Waals surface area contributed by atoms with Gasteiger partial charge in [-0.1, -0.05) is 23.8 Å². The zero-order valence-electron chi connectivity index (χ0n) is 12.4. The predicted octanol–water partition coefficient (Wildman–Crippen LogP) is 3.05. The molecule has 2 aliphatic rings. The highest BCUT2D eigenvalue weighted by Crippen LogP contribution is 2.32. The fourth-order valence-electron chi connectivity index (χ4n) is 3.89. The molecule has 2 nitrogen and oxygen atoms in total. The molecule has 2 aliphatic heterocycles. The van der Waals surface area contributed by atoms with E-state index in [0.717, 1.165) is 12.0 Å². The average Bonchev–Trinajstić information content (AvgIpc) is 2.81. The molecule has 0 saturated carbocycles. The zero-order chi connectivity index (χ0) is 13.4. The maximum Gasteiger partial charge on any atom is 0.0323 e. The first-order chi connectivity index (χ1) is 9.15. The van der Waals surface area contributed by atoms with Crippen LogP contribution in [0.15, 0.2) is 18.2 Å². The van der Waals surface area contributed by atoms with Crippen LogP contribution in [0.5, 0.6) is 0 Å². The largest absolute Gasteiger partial charge is 0.312 e. The molecule has 0 aliphatic carbocycles. The maximum atomic E-state index is 3.70. The first-order valence-corrected chi connectivity index (χ1v) is 7.70. The molecule has 3 rings (SSSR count). The van der Waals surface area contributed by atoms with Crippen molar-refractivity contribution in [3.8, 4) is 0 Å². The lowest BCUT2D eigenvalue weighted by molar-refractivity contribution is 0.250. The first kappa shape index (κ1) is 13.1. The molecule has 0 bridgehead atoms. The summed E-state index contributed by atoms with van der Waals surface area (Å²) in [5.74, 6) is 0.877. The highest BCUT2D eigenvalue weighted by atomic mass is 15.2. The molecule has 3 atom stereocenters. The molecule has 19 heavy (non-hydrogen) atoms. The van der Waals surface area contributed by atoms with Crippen LogP contribution in [0.2, 0.25) is 0 Å². The number of benzene rings is 1. The van der Waals surface area contributed by atoms with Gasteiger partial charge in [0.25, 0.3) is 0 Å². The standard InChI is InChI=1S/C17H26N2/c1-12-6-7-16(13(2)9-12)14(3)19-10-15-5-4-8-18-17(15)11-19/h6-7,9,14-15,17-18H,4-5,8,10-11H2,1-3H3. The number of rotatable bonds is 2. The minimum atomic E-state index is 0.549. The van der Waals surface area contributed by atoms with Gasteiger partial charge in [0.05, 0.1) is 0 Å². The van der Waals surface area contributed by atoms with Crippen molar-refractivity contribution in [3.05, 3.63) is 34.9 Å². The highest BCUT2D eigenvalue weighted by Gasteiger charge is 2.36. The summed E-state index contributed by atoms with van der Waals surface area (Å²) in [6.07, 6.45) is 2.76. The van der Waals surface area contributed by atoms with Crippen LogP contribution in [-0.2, 0) is 0 Å². The Hall–Kier alpha value is -0.860. The molecule has 0 amide bonds. The SMILES string of the molecule is Cc1ccc(C(C)N2CC3CCCNC3C2)c(C)c1. The van der Waals surface area contributed by atoms with Crippen LogP contribution in [0.3, 0.4) is 0 Å². The fraction of sp³-hybridized carbons (Fsp3) is 0.647. The molecule has 1 aromatic carbocycles. The van der Waals surface area contributed by atoms with Gasteiger partial charge in [0.15, 0.2) is 0 Å². The summed E-state index contributed by atoms with van der Waals surface area (Å²) in [6.45, 7) is 10.5. The van der Waals surface area contributed by atoms with Crippen molar-refractivity contribution >= 4 is 0 Å². The van der Waals surface area contributed by atoms with E-state index in [1.54, 1.807) is 0 Å². The van der Waals surface area contributed by atoms with E-state index in [9.17, 15) is 0 Å². The van der Waals surface area contributed by atoms with Crippen LogP contribution in [-0.4, -0.2) is 30.6 Å². The van der Waals surface area contributed by atoms with Crippen LogP contribution in [0.4, 0.5) is 0 Å². The number of piperidine rings is 1. The Morgan fingerprint density at radius 1 is 1.26 bits per heavy atom. The molecule has 0 spiro atoms. The molecule has 2 fully saturated rings. The Morgan fingerprint density at radius 2 is 2.11 bits per heavy atom. The Bertz CT molecular complexity index is 441. The summed E-state index contributed by atoms with van der Waals surface area (Å²) in [6, 6.07) is 8.17. The lowest BCUT2D eigenvalue weighted by atomic mass is 9.94. The van der Waals surface area contributed by atoms with Gasteiger partial charge < -0.3 is 5.32 Å². The van der Waals surface area contributed by atoms with Crippen molar-refractivity contribution in [3.63, 3.8) is 0 Å². The van der Waals surface area contributed by atoms with Gasteiger partial charge in [-0.2, -0.15) is 0 Å². The summed E-state index contributed by atoms with van der Waals surface area (Å²) in [7, 11) is 0. The second-order valence-electron chi connectivity index (χ2n) is 6.45. The molecule has 3 unspecified atom stereocenters. The van der Waals surface area contributed by atoms with Crippen LogP contribution < -0.4 is 5.32 Å². The minimum absolute atomic E-state index is 0.549. The molecule has 1 aromatic rings. The second kappa shape index (κ2) is 5.26. The number of nitrogens with zero attached hydrogens (tertiary/aromatic N) is 1. The molecule has 2 heterocycles. The van der Waals surface area contributed by atoms with Gasteiger partial charge in [0, 0.05) is 25.2 Å². The zero-order valence-corrected chi connectivity index (χ0v) is 12.4. The fourth-order valence-corrected chi connectivity index (χ4v) is 3.89. The van der Waals surface area contributed by atoms with E-state index < -0.39 is 0 Å². The topological polar surface area (TPSA) is 15.3 Å². The van der Waals surface area contributed by atoms with E-state index in [1.807, 2.05) is 0 Å². The third kappa shape index (κ3) is 2.56. The van der Waals surface area contributed by atoms with Crippen LogP contribution >= 0.6 is 0 Å². The predicted molar refractivity (Wildman–Crippen MR) is 80.4 cm³/mol. The lowest BCUT2D eigenvalue weighted by Crippen LogP contribution is -2.40. The highest BCUT2D eigenvalue weighted by molar-refractivity contribution is 5.32. The van der Waals surface area contributed by atoms with Crippen molar-refractivity contribution in [1.82, 2.24) is 10.2 Å². The van der Waals surface area contributed by atoms with Gasteiger partial charge >= 0.3 is 0 Å². The Kier molecular flexibility index (Phi) is 3.64. The Balaban J connectivity index is 1.75. The summed E-state index contributed by atoms with van der Waals surface area (Å²) >= 11 is 0. The number of nitrogens with one attached hydrogen (secondary N) is 1. The van der Waals surface area contributed by atoms with Crippen LogP contribution in [0.1, 0.15) is 42.5 Å². The number of aryl methyl sites for hydroxylation is 2. The minimum Gasteiger partial charge on any atom is -0.312 e. The van der Waals surface area contributed by atoms with Gasteiger partial charge in [0.1, 0.15) is 0 Å². The summed E-state index contributed by atoms with van der Waals surface area (Å²) < 4.78 is 0. The van der Waals surface area contributed by atoms with Crippen molar-refractivity contribution in [2.24, 2.45) is 5.92 Å². The Morgan fingerprint density at radius 3 is 2.84 bits per heavy atom. The van der Waals surface area contributed by atoms with Gasteiger partial charge in [-0.25, -0.2) is 0 Å². The molecular weight excluding hydrogens is 232 g/mol. The van der Waals surface area contributed by atoms with Crippen molar-refractivity contribution < 1.29 is 0 Å². The average molecular weight is 258 g/mol. The Labute approximate surface area is 117 Å².